The van der Waals surface area contributed by atoms with Gasteiger partial charge in [-0.1, -0.05) is 13.0 Å². The number of ether oxygens (including phenoxy) is 2. The number of hydrogen-bond donors (Lipinski definition) is 0. The third kappa shape index (κ3) is 3.70. The largest absolute Gasteiger partial charge is 0.490 e. The molecular weight excluding hydrogens is 294 g/mol. The van der Waals surface area contributed by atoms with E-state index in [2.05, 4.69) is 46.8 Å². The van der Waals surface area contributed by atoms with E-state index in [1.54, 1.807) is 0 Å². The molecular formula is C14H20BrNO2. The van der Waals surface area contributed by atoms with Gasteiger partial charge in [0, 0.05) is 13.1 Å². The number of aryl methyl sites for hydroxylation is 1. The maximum atomic E-state index is 5.83. The summed E-state index contributed by atoms with van der Waals surface area (Å²) in [6.45, 7) is 8.72. The monoisotopic (exact) mass is 313 g/mol. The molecule has 1 aromatic rings. The second-order valence-electron chi connectivity index (χ2n) is 4.63. The molecule has 4 heteroatoms. The van der Waals surface area contributed by atoms with Gasteiger partial charge in [-0.15, -0.1) is 0 Å². The Hall–Kier alpha value is -0.580. The minimum Gasteiger partial charge on any atom is -0.490 e. The van der Waals surface area contributed by atoms with Gasteiger partial charge in [0.2, 0.25) is 0 Å². The van der Waals surface area contributed by atoms with Crippen molar-refractivity contribution in [1.82, 2.24) is 4.90 Å². The van der Waals surface area contributed by atoms with Gasteiger partial charge in [0.05, 0.1) is 11.1 Å². The summed E-state index contributed by atoms with van der Waals surface area (Å²) >= 11 is 3.52. The molecule has 1 heterocycles. The lowest BCUT2D eigenvalue weighted by atomic mass is 10.2. The predicted molar refractivity (Wildman–Crippen MR) is 76.2 cm³/mol. The van der Waals surface area contributed by atoms with Crippen molar-refractivity contribution < 1.29 is 9.47 Å². The molecule has 0 radical (unpaired) electrons. The van der Waals surface area contributed by atoms with E-state index in [0.29, 0.717) is 6.61 Å². The predicted octanol–water partition coefficient (Wildman–Crippen LogP) is 2.86. The van der Waals surface area contributed by atoms with E-state index in [1.165, 1.54) is 5.56 Å². The van der Waals surface area contributed by atoms with Gasteiger partial charge in [-0.2, -0.15) is 0 Å². The normalized spacial score (nSPS) is 20.9. The molecule has 0 aliphatic carbocycles. The molecule has 0 bridgehead atoms. The molecule has 1 aromatic carbocycles. The van der Waals surface area contributed by atoms with Crippen molar-refractivity contribution in [1.29, 1.82) is 0 Å². The number of hydrogen-bond acceptors (Lipinski definition) is 3. The Bertz CT molecular complexity index is 397. The van der Waals surface area contributed by atoms with E-state index >= 15 is 0 Å². The summed E-state index contributed by atoms with van der Waals surface area (Å²) in [6.07, 6.45) is 0.173. The highest BCUT2D eigenvalue weighted by molar-refractivity contribution is 9.10. The average molecular weight is 314 g/mol. The number of halogens is 1. The van der Waals surface area contributed by atoms with E-state index in [9.17, 15) is 0 Å². The molecule has 3 nitrogen and oxygen atoms in total. The fraction of sp³-hybridized carbons (Fsp3) is 0.571. The number of morpholine rings is 1. The van der Waals surface area contributed by atoms with Crippen LogP contribution in [0, 0.1) is 6.92 Å². The molecule has 1 aliphatic rings. The third-order valence-electron chi connectivity index (χ3n) is 3.18. The zero-order chi connectivity index (χ0) is 13.0. The lowest BCUT2D eigenvalue weighted by Gasteiger charge is -2.31. The topological polar surface area (TPSA) is 21.7 Å². The smallest absolute Gasteiger partial charge is 0.133 e. The summed E-state index contributed by atoms with van der Waals surface area (Å²) in [5, 5.41) is 0. The fourth-order valence-corrected chi connectivity index (χ4v) is 2.68. The van der Waals surface area contributed by atoms with Crippen molar-refractivity contribution in [3.8, 4) is 5.75 Å². The number of nitrogens with zero attached hydrogens (tertiary/aromatic N) is 1. The van der Waals surface area contributed by atoms with Crippen molar-refractivity contribution in [2.45, 2.75) is 20.0 Å². The van der Waals surface area contributed by atoms with Crippen molar-refractivity contribution in [3.63, 3.8) is 0 Å². The lowest BCUT2D eigenvalue weighted by molar-refractivity contribution is -0.0465. The van der Waals surface area contributed by atoms with Gasteiger partial charge in [-0.3, -0.25) is 4.90 Å². The van der Waals surface area contributed by atoms with E-state index < -0.39 is 0 Å². The molecule has 0 aromatic heterocycles. The average Bonchev–Trinajstić information content (AvgIpc) is 2.38. The molecule has 1 atom stereocenters. The summed E-state index contributed by atoms with van der Waals surface area (Å²) in [6, 6.07) is 6.12. The van der Waals surface area contributed by atoms with Crippen LogP contribution in [0.5, 0.6) is 5.75 Å². The highest BCUT2D eigenvalue weighted by Crippen LogP contribution is 2.26. The molecule has 1 fully saturated rings. The van der Waals surface area contributed by atoms with Crippen LogP contribution in [0.4, 0.5) is 0 Å². The van der Waals surface area contributed by atoms with Crippen LogP contribution in [0.2, 0.25) is 0 Å². The first-order valence-corrected chi connectivity index (χ1v) is 7.21. The molecule has 0 amide bonds. The van der Waals surface area contributed by atoms with Crippen molar-refractivity contribution >= 4 is 15.9 Å². The first-order chi connectivity index (χ1) is 8.69. The second-order valence-corrected chi connectivity index (χ2v) is 5.49. The highest BCUT2D eigenvalue weighted by atomic mass is 79.9. The number of rotatable bonds is 4. The van der Waals surface area contributed by atoms with Gasteiger partial charge in [0.1, 0.15) is 18.5 Å². The summed E-state index contributed by atoms with van der Waals surface area (Å²) in [4.78, 5) is 2.39. The molecule has 0 N–H and O–H groups in total. The van der Waals surface area contributed by atoms with Crippen LogP contribution in [0.15, 0.2) is 22.7 Å². The van der Waals surface area contributed by atoms with Crippen LogP contribution in [0.1, 0.15) is 12.5 Å². The SMILES string of the molecule is CCN1CCOC(COc2ccc(C)cc2Br)C1. The third-order valence-corrected chi connectivity index (χ3v) is 3.80. The summed E-state index contributed by atoms with van der Waals surface area (Å²) in [7, 11) is 0. The van der Waals surface area contributed by atoms with Gasteiger partial charge in [-0.25, -0.2) is 0 Å². The van der Waals surface area contributed by atoms with E-state index in [1.807, 2.05) is 6.07 Å². The van der Waals surface area contributed by atoms with E-state index in [0.717, 1.165) is 36.5 Å². The van der Waals surface area contributed by atoms with Gasteiger partial charge in [-0.05, 0) is 47.1 Å². The van der Waals surface area contributed by atoms with Crippen molar-refractivity contribution in [3.05, 3.63) is 28.2 Å². The highest BCUT2D eigenvalue weighted by Gasteiger charge is 2.20. The second kappa shape index (κ2) is 6.55. The minimum atomic E-state index is 0.173. The van der Waals surface area contributed by atoms with Crippen LogP contribution in [0.3, 0.4) is 0 Å². The fourth-order valence-electron chi connectivity index (χ4n) is 2.07. The first-order valence-electron chi connectivity index (χ1n) is 6.42. The standard InChI is InChI=1S/C14H20BrNO2/c1-3-16-6-7-17-12(9-16)10-18-14-5-4-11(2)8-13(14)15/h4-5,8,12H,3,6-7,9-10H2,1-2H3. The Morgan fingerprint density at radius 2 is 2.33 bits per heavy atom. The van der Waals surface area contributed by atoms with Gasteiger partial charge in [0.25, 0.3) is 0 Å². The Kier molecular flexibility index (Phi) is 5.03. The maximum absolute atomic E-state index is 5.83. The van der Waals surface area contributed by atoms with Gasteiger partial charge >= 0.3 is 0 Å². The van der Waals surface area contributed by atoms with Gasteiger partial charge < -0.3 is 9.47 Å². The summed E-state index contributed by atoms with van der Waals surface area (Å²) in [5.74, 6) is 0.887. The molecule has 0 spiro atoms. The zero-order valence-corrected chi connectivity index (χ0v) is 12.6. The first kappa shape index (κ1) is 13.8. The van der Waals surface area contributed by atoms with E-state index in [-0.39, 0.29) is 6.10 Å². The van der Waals surface area contributed by atoms with Gasteiger partial charge in [0.15, 0.2) is 0 Å². The molecule has 1 saturated heterocycles. The van der Waals surface area contributed by atoms with Crippen molar-refractivity contribution in [2.24, 2.45) is 0 Å². The van der Waals surface area contributed by atoms with Crippen LogP contribution in [-0.4, -0.2) is 43.9 Å². The Balaban J connectivity index is 1.87. The quantitative estimate of drug-likeness (QED) is 0.853. The number of benzene rings is 1. The number of likely N-dealkylation sites (N-methyl/N-ethyl adjacent to an activating group) is 1. The lowest BCUT2D eigenvalue weighted by Crippen LogP contribution is -2.44. The molecule has 1 unspecified atom stereocenters. The Morgan fingerprint density at radius 1 is 1.50 bits per heavy atom. The van der Waals surface area contributed by atoms with E-state index in [4.69, 9.17) is 9.47 Å². The van der Waals surface area contributed by atoms with Crippen LogP contribution >= 0.6 is 15.9 Å². The molecule has 1 aliphatic heterocycles. The minimum absolute atomic E-state index is 0.173. The van der Waals surface area contributed by atoms with Crippen LogP contribution in [-0.2, 0) is 4.74 Å². The Morgan fingerprint density at radius 3 is 3.06 bits per heavy atom. The Labute approximate surface area is 117 Å². The van der Waals surface area contributed by atoms with Crippen molar-refractivity contribution in [2.75, 3.05) is 32.8 Å². The van der Waals surface area contributed by atoms with Crippen LogP contribution < -0.4 is 4.74 Å². The molecule has 0 saturated carbocycles. The summed E-state index contributed by atoms with van der Waals surface area (Å²) in [5.41, 5.74) is 1.22. The van der Waals surface area contributed by atoms with Crippen LogP contribution in [0.25, 0.3) is 0 Å². The zero-order valence-electron chi connectivity index (χ0n) is 11.0. The summed E-state index contributed by atoms with van der Waals surface area (Å²) < 4.78 is 12.5. The molecule has 18 heavy (non-hydrogen) atoms. The molecule has 100 valence electrons. The maximum Gasteiger partial charge on any atom is 0.133 e. The molecule has 2 rings (SSSR count).